The zero-order chi connectivity index (χ0) is 13.9. The summed E-state index contributed by atoms with van der Waals surface area (Å²) in [6, 6.07) is 2.75. The van der Waals surface area contributed by atoms with Crippen molar-refractivity contribution in [3.63, 3.8) is 0 Å². The monoisotopic (exact) mass is 255 g/mol. The molecule has 0 aliphatic heterocycles. The number of amides is 2. The Morgan fingerprint density at radius 2 is 2.11 bits per heavy atom. The van der Waals surface area contributed by atoms with Crippen LogP contribution in [0, 0.1) is 15.9 Å². The summed E-state index contributed by atoms with van der Waals surface area (Å²) >= 11 is 0. The summed E-state index contributed by atoms with van der Waals surface area (Å²) in [6.07, 6.45) is 0. The first kappa shape index (κ1) is 13.6. The molecule has 2 N–H and O–H groups in total. The third-order valence-electron chi connectivity index (χ3n) is 2.13. The van der Waals surface area contributed by atoms with Gasteiger partial charge in [0.1, 0.15) is 0 Å². The van der Waals surface area contributed by atoms with Gasteiger partial charge in [-0.1, -0.05) is 0 Å². The molecule has 0 saturated carbocycles. The first-order valence-electron chi connectivity index (χ1n) is 4.80. The molecule has 0 aliphatic rings. The van der Waals surface area contributed by atoms with Crippen molar-refractivity contribution < 1.29 is 18.9 Å². The molecule has 0 fully saturated rings. The molecule has 96 valence electrons. The van der Waals surface area contributed by atoms with Crippen molar-refractivity contribution in [3.05, 3.63) is 39.7 Å². The molecule has 0 radical (unpaired) electrons. The molecule has 0 aliphatic carbocycles. The zero-order valence-electron chi connectivity index (χ0n) is 9.42. The number of nitrogens with zero attached hydrogens (tertiary/aromatic N) is 2. The molecule has 0 aromatic heterocycles. The lowest BCUT2D eigenvalue weighted by atomic mass is 10.1. The number of carbonyl (C=O) groups excluding carboxylic acids is 2. The van der Waals surface area contributed by atoms with E-state index in [0.717, 1.165) is 23.1 Å². The number of hydrogen-bond acceptors (Lipinski definition) is 4. The minimum absolute atomic E-state index is 0.0955. The number of benzene rings is 1. The Bertz CT molecular complexity index is 518. The highest BCUT2D eigenvalue weighted by Crippen LogP contribution is 2.18. The molecule has 0 spiro atoms. The molecular formula is C10H10FN3O4. The van der Waals surface area contributed by atoms with Crippen LogP contribution < -0.4 is 5.73 Å². The van der Waals surface area contributed by atoms with E-state index in [1.807, 2.05) is 0 Å². The lowest BCUT2D eigenvalue weighted by Crippen LogP contribution is -2.35. The van der Waals surface area contributed by atoms with Gasteiger partial charge in [-0.25, -0.2) is 0 Å². The number of nitro benzene ring substituents is 1. The normalized spacial score (nSPS) is 9.89. The van der Waals surface area contributed by atoms with Gasteiger partial charge in [-0.2, -0.15) is 4.39 Å². The first-order valence-corrected chi connectivity index (χ1v) is 4.80. The molecule has 1 aromatic rings. The van der Waals surface area contributed by atoms with Crippen molar-refractivity contribution in [2.24, 2.45) is 5.73 Å². The number of nitrogens with two attached hydrogens (primary N) is 1. The van der Waals surface area contributed by atoms with E-state index < -0.39 is 28.2 Å². The van der Waals surface area contributed by atoms with E-state index in [4.69, 9.17) is 5.73 Å². The highest BCUT2D eigenvalue weighted by Gasteiger charge is 2.19. The summed E-state index contributed by atoms with van der Waals surface area (Å²) in [5, 5.41) is 10.4. The third-order valence-corrected chi connectivity index (χ3v) is 2.13. The molecule has 1 aromatic carbocycles. The maximum atomic E-state index is 13.3. The van der Waals surface area contributed by atoms with Crippen molar-refractivity contribution in [1.82, 2.24) is 4.90 Å². The summed E-state index contributed by atoms with van der Waals surface area (Å²) in [5.41, 5.74) is 4.09. The highest BCUT2D eigenvalue weighted by atomic mass is 19.1. The Kier molecular flexibility index (Phi) is 3.93. The van der Waals surface area contributed by atoms with Crippen LogP contribution in [0.2, 0.25) is 0 Å². The maximum absolute atomic E-state index is 13.3. The Labute approximate surface area is 101 Å². The van der Waals surface area contributed by atoms with E-state index >= 15 is 0 Å². The van der Waals surface area contributed by atoms with Crippen LogP contribution in [0.3, 0.4) is 0 Å². The van der Waals surface area contributed by atoms with Gasteiger partial charge >= 0.3 is 5.69 Å². The number of halogens is 1. The van der Waals surface area contributed by atoms with Crippen LogP contribution in [0.25, 0.3) is 0 Å². The fourth-order valence-corrected chi connectivity index (χ4v) is 1.31. The quantitative estimate of drug-likeness (QED) is 0.616. The van der Waals surface area contributed by atoms with Crippen molar-refractivity contribution >= 4 is 17.5 Å². The Morgan fingerprint density at radius 1 is 1.50 bits per heavy atom. The second-order valence-electron chi connectivity index (χ2n) is 3.55. The third kappa shape index (κ3) is 3.00. The molecular weight excluding hydrogens is 245 g/mol. The predicted octanol–water partition coefficient (Wildman–Crippen LogP) is 0.291. The topological polar surface area (TPSA) is 107 Å². The molecule has 0 saturated heterocycles. The maximum Gasteiger partial charge on any atom is 0.304 e. The van der Waals surface area contributed by atoms with E-state index in [1.54, 1.807) is 0 Å². The number of nitro groups is 1. The summed E-state index contributed by atoms with van der Waals surface area (Å²) in [7, 11) is 1.31. The molecule has 7 nitrogen and oxygen atoms in total. The molecule has 0 atom stereocenters. The van der Waals surface area contributed by atoms with E-state index in [9.17, 15) is 24.1 Å². The van der Waals surface area contributed by atoms with Crippen LogP contribution in [0.4, 0.5) is 10.1 Å². The second kappa shape index (κ2) is 5.21. The Morgan fingerprint density at radius 3 is 2.56 bits per heavy atom. The minimum Gasteiger partial charge on any atom is -0.368 e. The molecule has 0 heterocycles. The van der Waals surface area contributed by atoms with Gasteiger partial charge in [0.05, 0.1) is 11.5 Å². The van der Waals surface area contributed by atoms with Crippen molar-refractivity contribution in [2.75, 3.05) is 13.6 Å². The number of primary amides is 1. The largest absolute Gasteiger partial charge is 0.368 e. The molecule has 8 heteroatoms. The van der Waals surface area contributed by atoms with Crippen molar-refractivity contribution in [3.8, 4) is 0 Å². The van der Waals surface area contributed by atoms with Crippen LogP contribution in [0.5, 0.6) is 0 Å². The average molecular weight is 255 g/mol. The van der Waals surface area contributed by atoms with E-state index in [0.29, 0.717) is 0 Å². The van der Waals surface area contributed by atoms with Crippen LogP contribution in [-0.2, 0) is 4.79 Å². The summed E-state index contributed by atoms with van der Waals surface area (Å²) < 4.78 is 13.3. The molecule has 2 amide bonds. The fourth-order valence-electron chi connectivity index (χ4n) is 1.31. The van der Waals surface area contributed by atoms with Gasteiger partial charge in [-0.3, -0.25) is 19.7 Å². The van der Waals surface area contributed by atoms with Crippen molar-refractivity contribution in [1.29, 1.82) is 0 Å². The van der Waals surface area contributed by atoms with Gasteiger partial charge in [0.2, 0.25) is 11.7 Å². The standard InChI is InChI=1S/C10H10FN3O4/c1-13(5-9(12)15)10(16)6-2-3-8(14(17)18)7(11)4-6/h2-4H,5H2,1H3,(H2,12,15). The Balaban J connectivity index is 2.98. The minimum atomic E-state index is -1.11. The lowest BCUT2D eigenvalue weighted by molar-refractivity contribution is -0.387. The van der Waals surface area contributed by atoms with Crippen LogP contribution in [-0.4, -0.2) is 35.2 Å². The zero-order valence-corrected chi connectivity index (χ0v) is 9.42. The molecule has 18 heavy (non-hydrogen) atoms. The smallest absolute Gasteiger partial charge is 0.304 e. The number of likely N-dealkylation sites (N-methyl/N-ethyl adjacent to an activating group) is 1. The van der Waals surface area contributed by atoms with Crippen molar-refractivity contribution in [2.45, 2.75) is 0 Å². The SMILES string of the molecule is CN(CC(N)=O)C(=O)c1ccc([N+](=O)[O-])c(F)c1. The second-order valence-corrected chi connectivity index (χ2v) is 3.55. The first-order chi connectivity index (χ1) is 8.32. The molecule has 0 unspecified atom stereocenters. The summed E-state index contributed by atoms with van der Waals surface area (Å²) in [6.45, 7) is -0.322. The average Bonchev–Trinajstić information content (AvgIpc) is 2.26. The van der Waals surface area contributed by atoms with Gasteiger partial charge in [0.15, 0.2) is 0 Å². The van der Waals surface area contributed by atoms with E-state index in [2.05, 4.69) is 0 Å². The van der Waals surface area contributed by atoms with Crippen LogP contribution in [0.1, 0.15) is 10.4 Å². The van der Waals surface area contributed by atoms with E-state index in [-0.39, 0.29) is 12.1 Å². The molecule has 0 bridgehead atoms. The van der Waals surface area contributed by atoms with Gasteiger partial charge < -0.3 is 10.6 Å². The van der Waals surface area contributed by atoms with Gasteiger partial charge in [0.25, 0.3) is 5.91 Å². The number of hydrogen-bond donors (Lipinski definition) is 1. The fraction of sp³-hybridized carbons (Fsp3) is 0.200. The Hall–Kier alpha value is -2.51. The summed E-state index contributed by atoms with van der Waals surface area (Å²) in [5.74, 6) is -2.48. The number of carbonyl (C=O) groups is 2. The number of rotatable bonds is 4. The lowest BCUT2D eigenvalue weighted by Gasteiger charge is -2.14. The van der Waals surface area contributed by atoms with Crippen LogP contribution in [0.15, 0.2) is 18.2 Å². The molecule has 1 rings (SSSR count). The van der Waals surface area contributed by atoms with Gasteiger partial charge in [-0.05, 0) is 12.1 Å². The van der Waals surface area contributed by atoms with Crippen LogP contribution >= 0.6 is 0 Å². The highest BCUT2D eigenvalue weighted by molar-refractivity contribution is 5.96. The van der Waals surface area contributed by atoms with Gasteiger partial charge in [-0.15, -0.1) is 0 Å². The summed E-state index contributed by atoms with van der Waals surface area (Å²) in [4.78, 5) is 32.8. The van der Waals surface area contributed by atoms with Gasteiger partial charge in [0, 0.05) is 18.7 Å². The van der Waals surface area contributed by atoms with E-state index in [1.165, 1.54) is 7.05 Å². The predicted molar refractivity (Wildman–Crippen MR) is 59.2 cm³/mol.